The average molecular weight is 222 g/mol. The van der Waals surface area contributed by atoms with Crippen molar-refractivity contribution >= 4 is 0 Å². The lowest BCUT2D eigenvalue weighted by molar-refractivity contribution is 0.230. The van der Waals surface area contributed by atoms with E-state index in [0.717, 1.165) is 31.4 Å². The largest absolute Gasteiger partial charge is 0.468 e. The summed E-state index contributed by atoms with van der Waals surface area (Å²) >= 11 is 0. The molecule has 1 heterocycles. The van der Waals surface area contributed by atoms with Gasteiger partial charge in [0.2, 0.25) is 0 Å². The van der Waals surface area contributed by atoms with Crippen LogP contribution in [0.15, 0.2) is 22.8 Å². The summed E-state index contributed by atoms with van der Waals surface area (Å²) in [5.74, 6) is 1.09. The van der Waals surface area contributed by atoms with E-state index in [2.05, 4.69) is 23.2 Å². The topological polar surface area (TPSA) is 28.4 Å². The summed E-state index contributed by atoms with van der Waals surface area (Å²) in [6.45, 7) is 6.50. The molecule has 0 bridgehead atoms. The molecular weight excluding hydrogens is 200 g/mol. The van der Waals surface area contributed by atoms with Crippen molar-refractivity contribution in [2.45, 2.75) is 38.8 Å². The third-order valence-corrected chi connectivity index (χ3v) is 3.05. The van der Waals surface area contributed by atoms with Gasteiger partial charge in [-0.1, -0.05) is 6.92 Å². The van der Waals surface area contributed by atoms with Crippen LogP contribution < -0.4 is 5.32 Å². The van der Waals surface area contributed by atoms with Crippen LogP contribution in [0, 0.1) is 0 Å². The molecular formula is C13H22N2O. The quantitative estimate of drug-likeness (QED) is 0.684. The predicted octanol–water partition coefficient (Wildman–Crippen LogP) is 2.24. The summed E-state index contributed by atoms with van der Waals surface area (Å²) in [6.07, 6.45) is 5.72. The second kappa shape index (κ2) is 6.06. The molecule has 0 amide bonds. The Balaban J connectivity index is 1.72. The van der Waals surface area contributed by atoms with Crippen LogP contribution in [0.3, 0.4) is 0 Å². The maximum absolute atomic E-state index is 5.41. The molecule has 1 N–H and O–H groups in total. The summed E-state index contributed by atoms with van der Waals surface area (Å²) < 4.78 is 5.41. The lowest BCUT2D eigenvalue weighted by Gasteiger charge is -2.20. The highest BCUT2D eigenvalue weighted by atomic mass is 16.3. The summed E-state index contributed by atoms with van der Waals surface area (Å²) in [4.78, 5) is 2.55. The Hall–Kier alpha value is -0.800. The van der Waals surface area contributed by atoms with Gasteiger partial charge in [-0.25, -0.2) is 0 Å². The number of nitrogens with zero attached hydrogens (tertiary/aromatic N) is 1. The SMILES string of the molecule is CCNCCCN(Cc1ccco1)C1CC1. The van der Waals surface area contributed by atoms with Crippen LogP contribution in [0.1, 0.15) is 31.9 Å². The molecule has 3 nitrogen and oxygen atoms in total. The average Bonchev–Trinajstić information content (AvgIpc) is 3.02. The highest BCUT2D eigenvalue weighted by molar-refractivity contribution is 4.99. The Labute approximate surface area is 97.8 Å². The van der Waals surface area contributed by atoms with Gasteiger partial charge in [0.15, 0.2) is 0 Å². The van der Waals surface area contributed by atoms with E-state index in [1.165, 1.54) is 25.8 Å². The van der Waals surface area contributed by atoms with Crippen LogP contribution in [0.5, 0.6) is 0 Å². The minimum atomic E-state index is 0.812. The molecule has 1 aromatic heterocycles. The highest BCUT2D eigenvalue weighted by Gasteiger charge is 2.28. The van der Waals surface area contributed by atoms with Crippen LogP contribution in [0.25, 0.3) is 0 Å². The van der Waals surface area contributed by atoms with E-state index >= 15 is 0 Å². The predicted molar refractivity (Wildman–Crippen MR) is 65.3 cm³/mol. The van der Waals surface area contributed by atoms with Crippen molar-refractivity contribution < 1.29 is 4.42 Å². The Morgan fingerprint density at radius 1 is 1.50 bits per heavy atom. The third-order valence-electron chi connectivity index (χ3n) is 3.05. The summed E-state index contributed by atoms with van der Waals surface area (Å²) in [5.41, 5.74) is 0. The first-order valence-electron chi connectivity index (χ1n) is 6.37. The van der Waals surface area contributed by atoms with E-state index in [9.17, 15) is 0 Å². The smallest absolute Gasteiger partial charge is 0.117 e. The first-order valence-corrected chi connectivity index (χ1v) is 6.37. The summed E-state index contributed by atoms with van der Waals surface area (Å²) in [7, 11) is 0. The maximum atomic E-state index is 5.41. The van der Waals surface area contributed by atoms with E-state index in [1.807, 2.05) is 6.07 Å². The zero-order valence-corrected chi connectivity index (χ0v) is 10.1. The molecule has 0 atom stereocenters. The summed E-state index contributed by atoms with van der Waals surface area (Å²) in [5, 5.41) is 3.37. The van der Waals surface area contributed by atoms with Crippen molar-refractivity contribution in [2.24, 2.45) is 0 Å². The molecule has 1 aliphatic carbocycles. The molecule has 2 rings (SSSR count). The minimum absolute atomic E-state index is 0.812. The van der Waals surface area contributed by atoms with Crippen molar-refractivity contribution in [1.29, 1.82) is 0 Å². The van der Waals surface area contributed by atoms with Crippen LogP contribution in [0.2, 0.25) is 0 Å². The highest BCUT2D eigenvalue weighted by Crippen LogP contribution is 2.28. The lowest BCUT2D eigenvalue weighted by Crippen LogP contribution is -2.29. The van der Waals surface area contributed by atoms with E-state index in [1.54, 1.807) is 6.26 Å². The molecule has 0 unspecified atom stereocenters. The molecule has 0 aromatic carbocycles. The van der Waals surface area contributed by atoms with Crippen LogP contribution in [-0.2, 0) is 6.54 Å². The van der Waals surface area contributed by atoms with Gasteiger partial charge < -0.3 is 9.73 Å². The minimum Gasteiger partial charge on any atom is -0.468 e. The number of furan rings is 1. The van der Waals surface area contributed by atoms with Gasteiger partial charge in [-0.15, -0.1) is 0 Å². The Bertz CT molecular complexity index is 280. The van der Waals surface area contributed by atoms with Crippen LogP contribution in [-0.4, -0.2) is 30.6 Å². The maximum Gasteiger partial charge on any atom is 0.117 e. The van der Waals surface area contributed by atoms with Crippen molar-refractivity contribution in [1.82, 2.24) is 10.2 Å². The van der Waals surface area contributed by atoms with Crippen molar-refractivity contribution in [3.8, 4) is 0 Å². The monoisotopic (exact) mass is 222 g/mol. The Morgan fingerprint density at radius 2 is 2.38 bits per heavy atom. The molecule has 0 aliphatic heterocycles. The Morgan fingerprint density at radius 3 is 3.00 bits per heavy atom. The van der Waals surface area contributed by atoms with Gasteiger partial charge in [0.25, 0.3) is 0 Å². The fourth-order valence-corrected chi connectivity index (χ4v) is 2.02. The molecule has 1 aromatic rings. The zero-order valence-electron chi connectivity index (χ0n) is 10.1. The first-order chi connectivity index (χ1) is 7.90. The van der Waals surface area contributed by atoms with E-state index < -0.39 is 0 Å². The van der Waals surface area contributed by atoms with E-state index in [0.29, 0.717) is 0 Å². The third kappa shape index (κ3) is 3.65. The first kappa shape index (κ1) is 11.7. The van der Waals surface area contributed by atoms with Crippen LogP contribution >= 0.6 is 0 Å². The molecule has 1 saturated carbocycles. The van der Waals surface area contributed by atoms with Gasteiger partial charge in [-0.05, 0) is 44.5 Å². The molecule has 0 saturated heterocycles. The van der Waals surface area contributed by atoms with Gasteiger partial charge in [0.05, 0.1) is 12.8 Å². The van der Waals surface area contributed by atoms with Gasteiger partial charge in [0.1, 0.15) is 5.76 Å². The fraction of sp³-hybridized carbons (Fsp3) is 0.692. The second-order valence-corrected chi connectivity index (χ2v) is 4.49. The van der Waals surface area contributed by atoms with Gasteiger partial charge >= 0.3 is 0 Å². The summed E-state index contributed by atoms with van der Waals surface area (Å²) in [6, 6.07) is 4.85. The number of rotatable bonds is 8. The molecule has 1 aliphatic rings. The molecule has 16 heavy (non-hydrogen) atoms. The number of nitrogens with one attached hydrogen (secondary N) is 1. The zero-order chi connectivity index (χ0) is 11.2. The van der Waals surface area contributed by atoms with Crippen molar-refractivity contribution in [2.75, 3.05) is 19.6 Å². The normalized spacial score (nSPS) is 15.9. The lowest BCUT2D eigenvalue weighted by atomic mass is 10.3. The van der Waals surface area contributed by atoms with Crippen LogP contribution in [0.4, 0.5) is 0 Å². The van der Waals surface area contributed by atoms with E-state index in [-0.39, 0.29) is 0 Å². The Kier molecular flexibility index (Phi) is 4.43. The number of hydrogen-bond acceptors (Lipinski definition) is 3. The van der Waals surface area contributed by atoms with Crippen molar-refractivity contribution in [3.05, 3.63) is 24.2 Å². The molecule has 90 valence electrons. The standard InChI is InChI=1S/C13H22N2O/c1-2-14-8-4-9-15(12-6-7-12)11-13-5-3-10-16-13/h3,5,10,12,14H,2,4,6-9,11H2,1H3. The number of hydrogen-bond donors (Lipinski definition) is 1. The van der Waals surface area contributed by atoms with E-state index in [4.69, 9.17) is 4.42 Å². The van der Waals surface area contributed by atoms with Crippen molar-refractivity contribution in [3.63, 3.8) is 0 Å². The molecule has 0 spiro atoms. The second-order valence-electron chi connectivity index (χ2n) is 4.49. The molecule has 1 fully saturated rings. The van der Waals surface area contributed by atoms with Gasteiger partial charge in [-0.2, -0.15) is 0 Å². The molecule has 3 heteroatoms. The molecule has 0 radical (unpaired) electrons. The fourth-order valence-electron chi connectivity index (χ4n) is 2.02. The van der Waals surface area contributed by atoms with Gasteiger partial charge in [-0.3, -0.25) is 4.90 Å². The van der Waals surface area contributed by atoms with Gasteiger partial charge in [0, 0.05) is 12.6 Å².